The van der Waals surface area contributed by atoms with E-state index in [4.69, 9.17) is 15.2 Å². The van der Waals surface area contributed by atoms with Gasteiger partial charge >= 0.3 is 0 Å². The molecule has 2 amide bonds. The van der Waals surface area contributed by atoms with Crippen molar-refractivity contribution in [3.63, 3.8) is 0 Å². The molecule has 1 aliphatic rings. The highest BCUT2D eigenvalue weighted by atomic mass is 35.5. The summed E-state index contributed by atoms with van der Waals surface area (Å²) in [6, 6.07) is 2.50. The highest BCUT2D eigenvalue weighted by Gasteiger charge is 2.25. The van der Waals surface area contributed by atoms with Crippen LogP contribution in [0.4, 0.5) is 5.69 Å². The number of nitrogens with zero attached hydrogens (tertiary/aromatic N) is 1. The van der Waals surface area contributed by atoms with Crippen molar-refractivity contribution in [3.8, 4) is 11.5 Å². The van der Waals surface area contributed by atoms with Gasteiger partial charge in [0.25, 0.3) is 5.91 Å². The Morgan fingerprint density at radius 1 is 1.17 bits per heavy atom. The number of hydrogen-bond donors (Lipinski definition) is 2. The molecular weight excluding hydrogens is 334 g/mol. The number of anilines is 1. The topological polar surface area (TPSA) is 93.9 Å². The Morgan fingerprint density at radius 2 is 1.71 bits per heavy atom. The molecule has 2 rings (SSSR count). The first-order valence-electron chi connectivity index (χ1n) is 7.59. The molecule has 0 radical (unpaired) electrons. The average Bonchev–Trinajstić information content (AvgIpc) is 3.07. The zero-order valence-corrected chi connectivity index (χ0v) is 14.9. The smallest absolute Gasteiger partial charge is 0.256 e. The molecule has 0 saturated carbocycles. The van der Waals surface area contributed by atoms with Gasteiger partial charge in [-0.15, -0.1) is 12.4 Å². The van der Waals surface area contributed by atoms with Crippen LogP contribution in [0.5, 0.6) is 11.5 Å². The van der Waals surface area contributed by atoms with Gasteiger partial charge in [0.15, 0.2) is 11.5 Å². The minimum atomic E-state index is -0.683. The molecule has 0 aliphatic carbocycles. The van der Waals surface area contributed by atoms with Gasteiger partial charge in [-0.1, -0.05) is 0 Å². The second-order valence-corrected chi connectivity index (χ2v) is 5.53. The molecule has 1 heterocycles. The average molecular weight is 358 g/mol. The molecule has 8 heteroatoms. The van der Waals surface area contributed by atoms with Crippen molar-refractivity contribution < 1.29 is 19.1 Å². The van der Waals surface area contributed by atoms with Crippen LogP contribution < -0.4 is 20.5 Å². The van der Waals surface area contributed by atoms with Crippen LogP contribution >= 0.6 is 12.4 Å². The molecule has 3 N–H and O–H groups in total. The first kappa shape index (κ1) is 20.1. The lowest BCUT2D eigenvalue weighted by Crippen LogP contribution is -2.34. The van der Waals surface area contributed by atoms with Crippen molar-refractivity contribution in [3.05, 3.63) is 17.7 Å². The van der Waals surface area contributed by atoms with Crippen LogP contribution in [0.3, 0.4) is 0 Å². The lowest BCUT2D eigenvalue weighted by atomic mass is 10.1. The van der Waals surface area contributed by atoms with Crippen LogP contribution in [0.15, 0.2) is 12.1 Å². The van der Waals surface area contributed by atoms with E-state index in [1.807, 2.05) is 0 Å². The molecular formula is C16H24ClN3O4. The van der Waals surface area contributed by atoms with Crippen LogP contribution in [0.25, 0.3) is 0 Å². The van der Waals surface area contributed by atoms with Crippen LogP contribution in [-0.4, -0.2) is 50.1 Å². The molecule has 0 spiro atoms. The number of halogens is 1. The van der Waals surface area contributed by atoms with Crippen molar-refractivity contribution in [2.75, 3.05) is 32.6 Å². The van der Waals surface area contributed by atoms with E-state index < -0.39 is 6.04 Å². The summed E-state index contributed by atoms with van der Waals surface area (Å²) in [5, 5.41) is 2.69. The quantitative estimate of drug-likeness (QED) is 0.835. The van der Waals surface area contributed by atoms with E-state index in [0.29, 0.717) is 35.8 Å². The maximum absolute atomic E-state index is 12.7. The Kier molecular flexibility index (Phi) is 7.31. The number of carbonyl (C=O) groups excluding carboxylic acids is 2. The third-order valence-corrected chi connectivity index (χ3v) is 3.82. The van der Waals surface area contributed by atoms with Crippen molar-refractivity contribution >= 4 is 29.9 Å². The van der Waals surface area contributed by atoms with E-state index in [9.17, 15) is 9.59 Å². The maximum Gasteiger partial charge on any atom is 0.256 e. The number of likely N-dealkylation sites (tertiary alicyclic amines) is 1. The second kappa shape index (κ2) is 8.75. The highest BCUT2D eigenvalue weighted by Crippen LogP contribution is 2.34. The standard InChI is InChI=1S/C16H23N3O4.ClH/c1-10(17)15(20)18-12-9-14(23-3)13(22-2)8-11(12)16(21)19-6-4-5-7-19;/h8-10H,4-7,17H2,1-3H3,(H,18,20);1H/t10-;/m0./s1. The molecule has 1 aromatic rings. The number of rotatable bonds is 5. The molecule has 7 nitrogen and oxygen atoms in total. The molecule has 0 unspecified atom stereocenters. The second-order valence-electron chi connectivity index (χ2n) is 5.53. The van der Waals surface area contributed by atoms with Crippen molar-refractivity contribution in [2.45, 2.75) is 25.8 Å². The zero-order chi connectivity index (χ0) is 17.0. The number of ether oxygens (including phenoxy) is 2. The maximum atomic E-state index is 12.7. The first-order chi connectivity index (χ1) is 11.0. The van der Waals surface area contributed by atoms with E-state index in [-0.39, 0.29) is 24.2 Å². The molecule has 1 saturated heterocycles. The molecule has 0 bridgehead atoms. The highest BCUT2D eigenvalue weighted by molar-refractivity contribution is 6.05. The van der Waals surface area contributed by atoms with E-state index in [1.165, 1.54) is 14.2 Å². The summed E-state index contributed by atoms with van der Waals surface area (Å²) in [6.07, 6.45) is 1.97. The van der Waals surface area contributed by atoms with Crippen molar-refractivity contribution in [1.29, 1.82) is 0 Å². The summed E-state index contributed by atoms with van der Waals surface area (Å²) in [7, 11) is 3.00. The van der Waals surface area contributed by atoms with Crippen LogP contribution in [0.1, 0.15) is 30.1 Å². The summed E-state index contributed by atoms with van der Waals surface area (Å²) in [4.78, 5) is 26.4. The largest absolute Gasteiger partial charge is 0.493 e. The van der Waals surface area contributed by atoms with Gasteiger partial charge in [0.2, 0.25) is 5.91 Å². The summed E-state index contributed by atoms with van der Waals surface area (Å²) >= 11 is 0. The third-order valence-electron chi connectivity index (χ3n) is 3.82. The number of benzene rings is 1. The van der Waals surface area contributed by atoms with E-state index in [0.717, 1.165) is 12.8 Å². The van der Waals surface area contributed by atoms with Gasteiger partial charge in [0.1, 0.15) is 0 Å². The zero-order valence-electron chi connectivity index (χ0n) is 14.1. The minimum Gasteiger partial charge on any atom is -0.493 e. The number of methoxy groups -OCH3 is 2. The van der Waals surface area contributed by atoms with Crippen LogP contribution in [-0.2, 0) is 4.79 Å². The summed E-state index contributed by atoms with van der Waals surface area (Å²) < 4.78 is 10.5. The Balaban J connectivity index is 0.00000288. The summed E-state index contributed by atoms with van der Waals surface area (Å²) in [5.74, 6) is 0.371. The molecule has 24 heavy (non-hydrogen) atoms. The number of hydrogen-bond acceptors (Lipinski definition) is 5. The molecule has 134 valence electrons. The Labute approximate surface area is 147 Å². The van der Waals surface area contributed by atoms with Crippen LogP contribution in [0.2, 0.25) is 0 Å². The van der Waals surface area contributed by atoms with Gasteiger partial charge in [-0.05, 0) is 25.8 Å². The number of nitrogens with two attached hydrogens (primary N) is 1. The molecule has 1 fully saturated rings. The fourth-order valence-electron chi connectivity index (χ4n) is 2.50. The van der Waals surface area contributed by atoms with Gasteiger partial charge in [0.05, 0.1) is 31.5 Å². The first-order valence-corrected chi connectivity index (χ1v) is 7.59. The normalized spacial score (nSPS) is 14.6. The van der Waals surface area contributed by atoms with E-state index in [2.05, 4.69) is 5.32 Å². The number of nitrogens with one attached hydrogen (secondary N) is 1. The van der Waals surface area contributed by atoms with Gasteiger partial charge in [0, 0.05) is 19.2 Å². The van der Waals surface area contributed by atoms with Crippen LogP contribution in [0, 0.1) is 0 Å². The minimum absolute atomic E-state index is 0. The van der Waals surface area contributed by atoms with Crippen molar-refractivity contribution in [2.24, 2.45) is 5.73 Å². The van der Waals surface area contributed by atoms with E-state index in [1.54, 1.807) is 24.0 Å². The summed E-state index contributed by atoms with van der Waals surface area (Å²) in [5.41, 5.74) is 6.35. The fourth-order valence-corrected chi connectivity index (χ4v) is 2.50. The fraction of sp³-hybridized carbons (Fsp3) is 0.500. The number of carbonyl (C=O) groups is 2. The SMILES string of the molecule is COc1cc(NC(=O)[C@H](C)N)c(C(=O)N2CCCC2)cc1OC.Cl. The molecule has 1 atom stereocenters. The number of amides is 2. The van der Waals surface area contributed by atoms with E-state index >= 15 is 0 Å². The van der Waals surface area contributed by atoms with Gasteiger partial charge in [-0.25, -0.2) is 0 Å². The van der Waals surface area contributed by atoms with Gasteiger partial charge in [-0.2, -0.15) is 0 Å². The predicted molar refractivity (Wildman–Crippen MR) is 94.2 cm³/mol. The molecule has 1 aromatic carbocycles. The van der Waals surface area contributed by atoms with Crippen molar-refractivity contribution in [1.82, 2.24) is 4.90 Å². The summed E-state index contributed by atoms with van der Waals surface area (Å²) in [6.45, 7) is 3.01. The monoisotopic (exact) mass is 357 g/mol. The molecule has 0 aromatic heterocycles. The molecule has 1 aliphatic heterocycles. The lowest BCUT2D eigenvalue weighted by Gasteiger charge is -2.20. The lowest BCUT2D eigenvalue weighted by molar-refractivity contribution is -0.117. The van der Waals surface area contributed by atoms with Gasteiger partial charge < -0.3 is 25.4 Å². The van der Waals surface area contributed by atoms with Gasteiger partial charge in [-0.3, -0.25) is 9.59 Å². The Hall–Kier alpha value is -1.99. The Morgan fingerprint density at radius 3 is 2.21 bits per heavy atom. The third kappa shape index (κ3) is 4.30. The predicted octanol–water partition coefficient (Wildman–Crippen LogP) is 1.65. The Bertz CT molecular complexity index is 601.